The summed E-state index contributed by atoms with van der Waals surface area (Å²) in [5.41, 5.74) is 3.10. The van der Waals surface area contributed by atoms with Crippen molar-refractivity contribution in [1.29, 1.82) is 0 Å². The Morgan fingerprint density at radius 3 is 1.96 bits per heavy atom. The summed E-state index contributed by atoms with van der Waals surface area (Å²) in [5, 5.41) is 0. The van der Waals surface area contributed by atoms with Gasteiger partial charge in [0.2, 0.25) is 0 Å². The number of hydrogen-bond donors (Lipinski definition) is 0. The van der Waals surface area contributed by atoms with Gasteiger partial charge in [-0.1, -0.05) is 48.6 Å². The fourth-order valence-corrected chi connectivity index (χ4v) is 2.76. The normalized spacial score (nSPS) is 10.7. The molecule has 0 bridgehead atoms. The van der Waals surface area contributed by atoms with Crippen molar-refractivity contribution in [3.05, 3.63) is 83.4 Å². The van der Waals surface area contributed by atoms with Gasteiger partial charge in [-0.25, -0.2) is 0 Å². The number of rotatable bonds is 8. The first-order valence-electron chi connectivity index (χ1n) is 8.97. The molecule has 0 aromatic heterocycles. The van der Waals surface area contributed by atoms with Crippen LogP contribution in [0.25, 0.3) is 12.2 Å². The molecule has 4 nitrogen and oxygen atoms in total. The van der Waals surface area contributed by atoms with Crippen LogP contribution in [0.3, 0.4) is 0 Å². The Bertz CT molecular complexity index is 910. The minimum absolute atomic E-state index is 0.484. The molecule has 0 aliphatic heterocycles. The van der Waals surface area contributed by atoms with Crippen molar-refractivity contribution in [2.24, 2.45) is 0 Å². The quantitative estimate of drug-likeness (QED) is 0.489. The van der Waals surface area contributed by atoms with E-state index in [4.69, 9.17) is 18.9 Å². The molecule has 0 spiro atoms. The van der Waals surface area contributed by atoms with Crippen molar-refractivity contribution >= 4 is 12.2 Å². The lowest BCUT2D eigenvalue weighted by Crippen LogP contribution is -1.97. The van der Waals surface area contributed by atoms with Gasteiger partial charge in [0.1, 0.15) is 18.1 Å². The molecular formula is C24H24O4. The topological polar surface area (TPSA) is 36.9 Å². The molecular weight excluding hydrogens is 352 g/mol. The van der Waals surface area contributed by atoms with Gasteiger partial charge in [0, 0.05) is 6.07 Å². The van der Waals surface area contributed by atoms with E-state index in [1.165, 1.54) is 0 Å². The number of ether oxygens (including phenoxy) is 4. The van der Waals surface area contributed by atoms with E-state index in [1.807, 2.05) is 78.9 Å². The van der Waals surface area contributed by atoms with E-state index in [0.717, 1.165) is 28.2 Å². The highest BCUT2D eigenvalue weighted by Crippen LogP contribution is 2.30. The molecule has 0 fully saturated rings. The zero-order valence-electron chi connectivity index (χ0n) is 16.3. The van der Waals surface area contributed by atoms with Crippen LogP contribution in [0.2, 0.25) is 0 Å². The summed E-state index contributed by atoms with van der Waals surface area (Å²) in [5.74, 6) is 2.91. The van der Waals surface area contributed by atoms with Crippen molar-refractivity contribution in [2.75, 3.05) is 21.3 Å². The van der Waals surface area contributed by atoms with Crippen molar-refractivity contribution in [3.63, 3.8) is 0 Å². The fourth-order valence-electron chi connectivity index (χ4n) is 2.76. The Morgan fingerprint density at radius 2 is 1.32 bits per heavy atom. The first kappa shape index (κ1) is 19.4. The van der Waals surface area contributed by atoms with Crippen LogP contribution in [0.5, 0.6) is 23.0 Å². The van der Waals surface area contributed by atoms with Gasteiger partial charge in [-0.3, -0.25) is 0 Å². The molecule has 3 aromatic carbocycles. The van der Waals surface area contributed by atoms with Crippen molar-refractivity contribution in [3.8, 4) is 23.0 Å². The summed E-state index contributed by atoms with van der Waals surface area (Å²) in [6.07, 6.45) is 4.02. The van der Waals surface area contributed by atoms with Gasteiger partial charge in [-0.05, 0) is 41.0 Å². The molecule has 0 N–H and O–H groups in total. The zero-order chi connectivity index (χ0) is 19.8. The predicted octanol–water partition coefficient (Wildman–Crippen LogP) is 5.46. The third-order valence-corrected chi connectivity index (χ3v) is 4.27. The van der Waals surface area contributed by atoms with Crippen molar-refractivity contribution in [2.45, 2.75) is 6.61 Å². The third kappa shape index (κ3) is 5.07. The third-order valence-electron chi connectivity index (χ3n) is 4.27. The van der Waals surface area contributed by atoms with E-state index in [0.29, 0.717) is 18.1 Å². The van der Waals surface area contributed by atoms with Crippen LogP contribution in [-0.2, 0) is 6.61 Å². The number of hydrogen-bond acceptors (Lipinski definition) is 4. The molecule has 28 heavy (non-hydrogen) atoms. The second kappa shape index (κ2) is 9.51. The summed E-state index contributed by atoms with van der Waals surface area (Å²) in [7, 11) is 4.92. The maximum absolute atomic E-state index is 5.98. The van der Waals surface area contributed by atoms with Crippen LogP contribution in [0, 0.1) is 0 Å². The highest BCUT2D eigenvalue weighted by Gasteiger charge is 2.06. The van der Waals surface area contributed by atoms with Crippen molar-refractivity contribution in [1.82, 2.24) is 0 Å². The molecule has 0 radical (unpaired) electrons. The summed E-state index contributed by atoms with van der Waals surface area (Å²) in [4.78, 5) is 0. The minimum Gasteiger partial charge on any atom is -0.497 e. The van der Waals surface area contributed by atoms with Gasteiger partial charge < -0.3 is 18.9 Å². The van der Waals surface area contributed by atoms with Crippen LogP contribution in [0.4, 0.5) is 0 Å². The molecule has 3 aromatic rings. The molecule has 0 amide bonds. The Morgan fingerprint density at radius 1 is 0.643 bits per heavy atom. The first-order chi connectivity index (χ1) is 13.7. The van der Waals surface area contributed by atoms with Gasteiger partial charge in [0.05, 0.1) is 21.3 Å². The smallest absolute Gasteiger partial charge is 0.162 e. The molecule has 0 heterocycles. The average molecular weight is 376 g/mol. The van der Waals surface area contributed by atoms with E-state index in [-0.39, 0.29) is 0 Å². The van der Waals surface area contributed by atoms with Gasteiger partial charge in [0.15, 0.2) is 11.5 Å². The van der Waals surface area contributed by atoms with E-state index < -0.39 is 0 Å². The predicted molar refractivity (Wildman–Crippen MR) is 112 cm³/mol. The summed E-state index contributed by atoms with van der Waals surface area (Å²) < 4.78 is 22.1. The Hall–Kier alpha value is -3.40. The van der Waals surface area contributed by atoms with Gasteiger partial charge in [-0.15, -0.1) is 0 Å². The standard InChI is InChI=1S/C24H24O4/c1-25-21-13-20(14-22(16-21)26-2)10-9-18-11-12-23(27-3)24(15-18)28-17-19-7-5-4-6-8-19/h4-16H,17H2,1-3H3/b10-9-. The highest BCUT2D eigenvalue weighted by molar-refractivity contribution is 5.72. The molecule has 0 saturated heterocycles. The van der Waals surface area contributed by atoms with E-state index in [2.05, 4.69) is 0 Å². The van der Waals surface area contributed by atoms with Crippen LogP contribution in [0.1, 0.15) is 16.7 Å². The molecule has 0 unspecified atom stereocenters. The van der Waals surface area contributed by atoms with E-state index in [1.54, 1.807) is 21.3 Å². The number of methoxy groups -OCH3 is 3. The second-order valence-electron chi connectivity index (χ2n) is 6.16. The molecule has 0 saturated carbocycles. The van der Waals surface area contributed by atoms with Crippen LogP contribution in [-0.4, -0.2) is 21.3 Å². The molecule has 0 aliphatic rings. The summed E-state index contributed by atoms with van der Waals surface area (Å²) in [6.45, 7) is 0.484. The maximum atomic E-state index is 5.98. The molecule has 0 aliphatic carbocycles. The lowest BCUT2D eigenvalue weighted by atomic mass is 10.1. The SMILES string of the molecule is COc1cc(/C=C\c2ccc(OC)c(OCc3ccccc3)c2)cc(OC)c1. The van der Waals surface area contributed by atoms with Crippen LogP contribution in [0.15, 0.2) is 66.7 Å². The number of benzene rings is 3. The largest absolute Gasteiger partial charge is 0.497 e. The maximum Gasteiger partial charge on any atom is 0.162 e. The highest BCUT2D eigenvalue weighted by atomic mass is 16.5. The van der Waals surface area contributed by atoms with Gasteiger partial charge >= 0.3 is 0 Å². The molecule has 144 valence electrons. The monoisotopic (exact) mass is 376 g/mol. The Labute approximate surface area is 165 Å². The Kier molecular flexibility index (Phi) is 6.58. The van der Waals surface area contributed by atoms with Crippen molar-refractivity contribution < 1.29 is 18.9 Å². The molecule has 0 atom stereocenters. The van der Waals surface area contributed by atoms with Crippen LogP contribution < -0.4 is 18.9 Å². The Balaban J connectivity index is 1.80. The average Bonchev–Trinajstić information content (AvgIpc) is 2.76. The first-order valence-corrected chi connectivity index (χ1v) is 8.97. The van der Waals surface area contributed by atoms with Crippen LogP contribution >= 0.6 is 0 Å². The van der Waals surface area contributed by atoms with Gasteiger partial charge in [-0.2, -0.15) is 0 Å². The molecule has 4 heteroatoms. The zero-order valence-corrected chi connectivity index (χ0v) is 16.3. The summed E-state index contributed by atoms with van der Waals surface area (Å²) in [6, 6.07) is 21.7. The molecule has 3 rings (SSSR count). The second-order valence-corrected chi connectivity index (χ2v) is 6.16. The lowest BCUT2D eigenvalue weighted by Gasteiger charge is -2.11. The van der Waals surface area contributed by atoms with Gasteiger partial charge in [0.25, 0.3) is 0 Å². The van der Waals surface area contributed by atoms with E-state index in [9.17, 15) is 0 Å². The van der Waals surface area contributed by atoms with E-state index >= 15 is 0 Å². The summed E-state index contributed by atoms with van der Waals surface area (Å²) >= 11 is 0. The fraction of sp³-hybridized carbons (Fsp3) is 0.167. The lowest BCUT2D eigenvalue weighted by molar-refractivity contribution is 0.284. The minimum atomic E-state index is 0.484.